The number of hydrogen-bond donors (Lipinski definition) is 2. The zero-order valence-electron chi connectivity index (χ0n) is 11.2. The van der Waals surface area contributed by atoms with Crippen LogP contribution in [-0.2, 0) is 9.59 Å². The molecule has 8 heteroatoms. The van der Waals surface area contributed by atoms with Gasteiger partial charge in [-0.2, -0.15) is 5.01 Å². The standard InChI is InChI=1S/C13H12N2O4S2/c1-7(16)14-15-12(18)11(21-13(15)20)6-8-3-4-9(17)10(5-8)19-2/h3-6,17H,1-2H3,(H,14,16). The largest absolute Gasteiger partial charge is 0.504 e. The van der Waals surface area contributed by atoms with E-state index in [1.165, 1.54) is 20.1 Å². The first kappa shape index (κ1) is 15.3. The molecule has 1 aromatic rings. The van der Waals surface area contributed by atoms with Gasteiger partial charge >= 0.3 is 0 Å². The fraction of sp³-hybridized carbons (Fsp3) is 0.154. The third-order valence-electron chi connectivity index (χ3n) is 2.56. The van der Waals surface area contributed by atoms with Crippen molar-refractivity contribution in [2.24, 2.45) is 0 Å². The average molecular weight is 324 g/mol. The maximum absolute atomic E-state index is 12.1. The third-order valence-corrected chi connectivity index (χ3v) is 3.87. The minimum absolute atomic E-state index is 0.0143. The van der Waals surface area contributed by atoms with E-state index in [0.717, 1.165) is 16.8 Å². The van der Waals surface area contributed by atoms with Crippen molar-refractivity contribution in [2.75, 3.05) is 7.11 Å². The van der Waals surface area contributed by atoms with Crippen LogP contribution in [0.15, 0.2) is 23.1 Å². The lowest BCUT2D eigenvalue weighted by Gasteiger charge is -2.13. The molecule has 21 heavy (non-hydrogen) atoms. The second-order valence-electron chi connectivity index (χ2n) is 4.12. The van der Waals surface area contributed by atoms with Crippen LogP contribution in [0, 0.1) is 0 Å². The highest BCUT2D eigenvalue weighted by Gasteiger charge is 2.32. The van der Waals surface area contributed by atoms with Crippen LogP contribution >= 0.6 is 24.0 Å². The van der Waals surface area contributed by atoms with Crippen molar-refractivity contribution in [1.29, 1.82) is 0 Å². The van der Waals surface area contributed by atoms with E-state index in [-0.39, 0.29) is 16.0 Å². The minimum atomic E-state index is -0.396. The highest BCUT2D eigenvalue weighted by Crippen LogP contribution is 2.33. The van der Waals surface area contributed by atoms with Gasteiger partial charge in [0, 0.05) is 6.92 Å². The maximum atomic E-state index is 12.1. The van der Waals surface area contributed by atoms with Crippen molar-refractivity contribution in [3.05, 3.63) is 28.7 Å². The molecule has 6 nitrogen and oxygen atoms in total. The maximum Gasteiger partial charge on any atom is 0.285 e. The van der Waals surface area contributed by atoms with Crippen LogP contribution in [-0.4, -0.2) is 33.4 Å². The monoisotopic (exact) mass is 324 g/mol. The highest BCUT2D eigenvalue weighted by molar-refractivity contribution is 8.26. The summed E-state index contributed by atoms with van der Waals surface area (Å²) in [6.45, 7) is 1.30. The molecule has 0 radical (unpaired) electrons. The van der Waals surface area contributed by atoms with Crippen molar-refractivity contribution in [2.45, 2.75) is 6.92 Å². The number of methoxy groups -OCH3 is 1. The van der Waals surface area contributed by atoms with Crippen LogP contribution in [0.25, 0.3) is 6.08 Å². The van der Waals surface area contributed by atoms with Gasteiger partial charge < -0.3 is 9.84 Å². The third kappa shape index (κ3) is 3.34. The van der Waals surface area contributed by atoms with Gasteiger partial charge in [0.05, 0.1) is 12.0 Å². The summed E-state index contributed by atoms with van der Waals surface area (Å²) in [7, 11) is 1.44. The molecule has 1 saturated heterocycles. The Morgan fingerprint density at radius 2 is 2.24 bits per heavy atom. The summed E-state index contributed by atoms with van der Waals surface area (Å²) in [6.07, 6.45) is 1.61. The number of carbonyl (C=O) groups is 2. The molecule has 1 fully saturated rings. The van der Waals surface area contributed by atoms with E-state index in [0.29, 0.717) is 16.2 Å². The van der Waals surface area contributed by atoms with E-state index in [2.05, 4.69) is 5.43 Å². The van der Waals surface area contributed by atoms with Gasteiger partial charge in [-0.05, 0) is 36.0 Å². The van der Waals surface area contributed by atoms with Crippen LogP contribution in [0.2, 0.25) is 0 Å². The summed E-state index contributed by atoms with van der Waals surface area (Å²) >= 11 is 6.13. The molecule has 2 N–H and O–H groups in total. The molecule has 1 aliphatic rings. The number of hydrogen-bond acceptors (Lipinski definition) is 6. The van der Waals surface area contributed by atoms with Crippen LogP contribution in [0.4, 0.5) is 0 Å². The zero-order chi connectivity index (χ0) is 15.6. The molecular formula is C13H12N2O4S2. The smallest absolute Gasteiger partial charge is 0.285 e. The Morgan fingerprint density at radius 1 is 1.52 bits per heavy atom. The number of thioether (sulfide) groups is 1. The van der Waals surface area contributed by atoms with Crippen molar-refractivity contribution in [1.82, 2.24) is 10.4 Å². The van der Waals surface area contributed by atoms with Gasteiger partial charge in [-0.1, -0.05) is 17.8 Å². The van der Waals surface area contributed by atoms with Crippen molar-refractivity contribution in [3.63, 3.8) is 0 Å². The van der Waals surface area contributed by atoms with E-state index in [4.69, 9.17) is 17.0 Å². The van der Waals surface area contributed by atoms with Gasteiger partial charge in [0.2, 0.25) is 5.91 Å². The molecule has 1 aliphatic heterocycles. The van der Waals surface area contributed by atoms with Crippen molar-refractivity contribution >= 4 is 46.2 Å². The molecule has 0 unspecified atom stereocenters. The van der Waals surface area contributed by atoms with Gasteiger partial charge in [-0.15, -0.1) is 0 Å². The highest BCUT2D eigenvalue weighted by atomic mass is 32.2. The fourth-order valence-corrected chi connectivity index (χ4v) is 2.84. The summed E-state index contributed by atoms with van der Waals surface area (Å²) < 4.78 is 5.26. The van der Waals surface area contributed by atoms with Crippen LogP contribution < -0.4 is 10.2 Å². The van der Waals surface area contributed by atoms with E-state index in [1.807, 2.05) is 0 Å². The summed E-state index contributed by atoms with van der Waals surface area (Å²) in [4.78, 5) is 23.5. The zero-order valence-corrected chi connectivity index (χ0v) is 12.9. The average Bonchev–Trinajstić information content (AvgIpc) is 2.68. The van der Waals surface area contributed by atoms with E-state index >= 15 is 0 Å². The number of hydrazine groups is 1. The van der Waals surface area contributed by atoms with Crippen LogP contribution in [0.3, 0.4) is 0 Å². The predicted molar refractivity (Wildman–Crippen MR) is 83.5 cm³/mol. The van der Waals surface area contributed by atoms with Crippen molar-refractivity contribution in [3.8, 4) is 11.5 Å². The minimum Gasteiger partial charge on any atom is -0.504 e. The summed E-state index contributed by atoms with van der Waals surface area (Å²) in [5, 5.41) is 10.6. The van der Waals surface area contributed by atoms with Gasteiger partial charge in [0.1, 0.15) is 0 Å². The number of carbonyl (C=O) groups excluding carboxylic acids is 2. The quantitative estimate of drug-likeness (QED) is 0.650. The number of amides is 2. The van der Waals surface area contributed by atoms with Gasteiger partial charge in [-0.25, -0.2) is 0 Å². The molecule has 0 atom stereocenters. The molecule has 2 amide bonds. The first-order valence-electron chi connectivity index (χ1n) is 5.84. The Labute approximate surface area is 130 Å². The molecule has 1 heterocycles. The molecule has 0 saturated carbocycles. The summed E-state index contributed by atoms with van der Waals surface area (Å²) in [6, 6.07) is 4.71. The molecule has 2 rings (SSSR count). The molecule has 0 aliphatic carbocycles. The van der Waals surface area contributed by atoms with Crippen LogP contribution in [0.5, 0.6) is 11.5 Å². The van der Waals surface area contributed by atoms with Gasteiger partial charge in [0.15, 0.2) is 15.8 Å². The molecule has 0 aromatic heterocycles. The van der Waals surface area contributed by atoms with E-state index in [9.17, 15) is 14.7 Å². The Balaban J connectivity index is 2.28. The summed E-state index contributed by atoms with van der Waals surface area (Å²) in [5.41, 5.74) is 3.04. The Bertz CT molecular complexity index is 658. The lowest BCUT2D eigenvalue weighted by molar-refractivity contribution is -0.131. The normalized spacial score (nSPS) is 16.5. The van der Waals surface area contributed by atoms with E-state index in [1.54, 1.807) is 18.2 Å². The number of aromatic hydroxyl groups is 1. The number of nitrogens with zero attached hydrogens (tertiary/aromatic N) is 1. The molecule has 0 spiro atoms. The molecule has 110 valence electrons. The topological polar surface area (TPSA) is 78.9 Å². The predicted octanol–water partition coefficient (Wildman–Crippen LogP) is 1.65. The number of phenolic OH excluding ortho intramolecular Hbond substituents is 1. The number of nitrogens with one attached hydrogen (secondary N) is 1. The molecule has 1 aromatic carbocycles. The van der Waals surface area contributed by atoms with E-state index < -0.39 is 5.91 Å². The molecular weight excluding hydrogens is 312 g/mol. The van der Waals surface area contributed by atoms with Crippen LogP contribution in [0.1, 0.15) is 12.5 Å². The molecule has 0 bridgehead atoms. The number of benzene rings is 1. The Morgan fingerprint density at radius 3 is 2.86 bits per heavy atom. The van der Waals surface area contributed by atoms with Gasteiger partial charge in [0.25, 0.3) is 5.91 Å². The number of ether oxygens (including phenoxy) is 1. The first-order valence-corrected chi connectivity index (χ1v) is 7.07. The SMILES string of the molecule is COc1cc(C=C2SC(=S)N(NC(C)=O)C2=O)ccc1O. The Kier molecular flexibility index (Phi) is 4.49. The van der Waals surface area contributed by atoms with Crippen molar-refractivity contribution < 1.29 is 19.4 Å². The summed E-state index contributed by atoms with van der Waals surface area (Å²) in [5.74, 6) is -0.451. The lowest BCUT2D eigenvalue weighted by atomic mass is 10.2. The lowest BCUT2D eigenvalue weighted by Crippen LogP contribution is -2.43. The number of thiocarbonyl (C=S) groups is 1. The second-order valence-corrected chi connectivity index (χ2v) is 5.79. The number of rotatable bonds is 3. The van der Waals surface area contributed by atoms with Gasteiger partial charge in [-0.3, -0.25) is 15.0 Å². The fourth-order valence-electron chi connectivity index (χ4n) is 1.66. The first-order chi connectivity index (χ1) is 9.92. The number of phenols is 1. The second kappa shape index (κ2) is 6.15. The Hall–Kier alpha value is -2.06.